The van der Waals surface area contributed by atoms with Gasteiger partial charge in [0.15, 0.2) is 5.82 Å². The third-order valence-electron chi connectivity index (χ3n) is 3.66. The average molecular weight is 315 g/mol. The normalized spacial score (nSPS) is 14.0. The molecule has 3 rings (SSSR count). The molecule has 120 valence electrons. The Morgan fingerprint density at radius 1 is 1.26 bits per heavy atom. The molecule has 0 aliphatic carbocycles. The van der Waals surface area contributed by atoms with Crippen LogP contribution < -0.4 is 15.2 Å². The number of rotatable bonds is 4. The van der Waals surface area contributed by atoms with Crippen LogP contribution in [0.3, 0.4) is 0 Å². The summed E-state index contributed by atoms with van der Waals surface area (Å²) in [6, 6.07) is 6.74. The maximum atomic E-state index is 12.5. The van der Waals surface area contributed by atoms with E-state index in [0.717, 1.165) is 0 Å². The highest BCUT2D eigenvalue weighted by atomic mass is 16.3. The molecule has 0 saturated carbocycles. The van der Waals surface area contributed by atoms with Gasteiger partial charge in [-0.05, 0) is 24.3 Å². The minimum atomic E-state index is -0.291. The summed E-state index contributed by atoms with van der Waals surface area (Å²) in [6.45, 7) is 0.194. The van der Waals surface area contributed by atoms with Crippen LogP contribution in [-0.2, 0) is 11.3 Å². The van der Waals surface area contributed by atoms with Gasteiger partial charge in [-0.15, -0.1) is 0 Å². The molecule has 0 fully saturated rings. The Kier molecular flexibility index (Phi) is 3.88. The number of amides is 3. The molecule has 3 heterocycles. The van der Waals surface area contributed by atoms with Gasteiger partial charge in [0.05, 0.1) is 18.5 Å². The summed E-state index contributed by atoms with van der Waals surface area (Å²) in [5.74, 6) is 0.998. The zero-order valence-corrected chi connectivity index (χ0v) is 12.9. The maximum Gasteiger partial charge on any atom is 0.343 e. The molecule has 1 N–H and O–H groups in total. The van der Waals surface area contributed by atoms with Gasteiger partial charge in [0.1, 0.15) is 12.3 Å². The van der Waals surface area contributed by atoms with Crippen molar-refractivity contribution in [3.63, 3.8) is 0 Å². The van der Waals surface area contributed by atoms with Crippen LogP contribution in [0.1, 0.15) is 5.76 Å². The van der Waals surface area contributed by atoms with Crippen molar-refractivity contribution in [3.05, 3.63) is 42.5 Å². The molecule has 0 radical (unpaired) electrons. The van der Waals surface area contributed by atoms with Crippen LogP contribution in [0.4, 0.5) is 16.3 Å². The number of aromatic nitrogens is 1. The summed E-state index contributed by atoms with van der Waals surface area (Å²) in [5, 5.41) is 5.79. The second-order valence-corrected chi connectivity index (χ2v) is 5.12. The number of anilines is 2. The van der Waals surface area contributed by atoms with Gasteiger partial charge in [-0.3, -0.25) is 14.7 Å². The second-order valence-electron chi connectivity index (χ2n) is 5.12. The molecule has 8 nitrogen and oxygen atoms in total. The highest BCUT2D eigenvalue weighted by Gasteiger charge is 2.33. The van der Waals surface area contributed by atoms with Crippen molar-refractivity contribution in [2.45, 2.75) is 6.54 Å². The van der Waals surface area contributed by atoms with Crippen molar-refractivity contribution >= 4 is 23.4 Å². The van der Waals surface area contributed by atoms with E-state index >= 15 is 0 Å². The molecule has 3 amide bonds. The van der Waals surface area contributed by atoms with E-state index in [4.69, 9.17) is 4.42 Å². The molecule has 0 spiro atoms. The summed E-state index contributed by atoms with van der Waals surface area (Å²) in [5.41, 5.74) is 0.603. The number of pyridine rings is 1. The lowest BCUT2D eigenvalue weighted by Gasteiger charge is -2.40. The molecule has 0 saturated heterocycles. The molecule has 8 heteroatoms. The number of furan rings is 1. The Balaban J connectivity index is 1.74. The van der Waals surface area contributed by atoms with Crippen molar-refractivity contribution in [2.24, 2.45) is 0 Å². The van der Waals surface area contributed by atoms with Crippen LogP contribution in [0.15, 0.2) is 41.1 Å². The first-order chi connectivity index (χ1) is 11.1. The molecule has 2 aromatic rings. The minimum Gasteiger partial charge on any atom is -0.467 e. The number of nitrogens with one attached hydrogen (secondary N) is 1. The van der Waals surface area contributed by atoms with E-state index in [1.54, 1.807) is 55.8 Å². The van der Waals surface area contributed by atoms with E-state index in [0.29, 0.717) is 17.3 Å². The van der Waals surface area contributed by atoms with E-state index in [2.05, 4.69) is 10.3 Å². The zero-order chi connectivity index (χ0) is 16.4. The van der Waals surface area contributed by atoms with E-state index in [-0.39, 0.29) is 25.0 Å². The number of carbonyl (C=O) groups excluding carboxylic acids is 2. The van der Waals surface area contributed by atoms with Gasteiger partial charge in [-0.25, -0.2) is 14.8 Å². The fourth-order valence-corrected chi connectivity index (χ4v) is 2.35. The zero-order valence-electron chi connectivity index (χ0n) is 12.9. The second kappa shape index (κ2) is 5.99. The summed E-state index contributed by atoms with van der Waals surface area (Å²) in [7, 11) is 3.38. The Morgan fingerprint density at radius 3 is 2.83 bits per heavy atom. The highest BCUT2D eigenvalue weighted by Crippen LogP contribution is 2.31. The number of hydrogen-bond donors (Lipinski definition) is 1. The summed E-state index contributed by atoms with van der Waals surface area (Å²) < 4.78 is 5.16. The van der Waals surface area contributed by atoms with Gasteiger partial charge in [0.2, 0.25) is 5.91 Å². The SMILES string of the molecule is CN1C(=O)N(CC(=O)NCc2ccco2)c2cccnc2N1C. The largest absolute Gasteiger partial charge is 0.467 e. The predicted molar refractivity (Wildman–Crippen MR) is 83.7 cm³/mol. The van der Waals surface area contributed by atoms with Gasteiger partial charge in [-0.1, -0.05) is 0 Å². The highest BCUT2D eigenvalue weighted by molar-refractivity contribution is 6.02. The molecular formula is C15H17N5O3. The minimum absolute atomic E-state index is 0.0869. The smallest absolute Gasteiger partial charge is 0.343 e. The molecule has 23 heavy (non-hydrogen) atoms. The van der Waals surface area contributed by atoms with Crippen LogP contribution in [0.25, 0.3) is 0 Å². The first-order valence-electron chi connectivity index (χ1n) is 7.11. The van der Waals surface area contributed by atoms with Crippen molar-refractivity contribution in [1.82, 2.24) is 15.3 Å². The number of urea groups is 1. The average Bonchev–Trinajstić information content (AvgIpc) is 3.08. The Hall–Kier alpha value is -3.03. The van der Waals surface area contributed by atoms with E-state index in [1.807, 2.05) is 0 Å². The van der Waals surface area contributed by atoms with E-state index < -0.39 is 0 Å². The number of nitrogens with zero attached hydrogens (tertiary/aromatic N) is 4. The van der Waals surface area contributed by atoms with Crippen molar-refractivity contribution < 1.29 is 14.0 Å². The molecule has 0 atom stereocenters. The number of carbonyl (C=O) groups is 2. The Labute approximate surface area is 133 Å². The molecule has 1 aliphatic heterocycles. The van der Waals surface area contributed by atoms with E-state index in [1.165, 1.54) is 9.91 Å². The lowest BCUT2D eigenvalue weighted by Crippen LogP contribution is -2.55. The standard InChI is InChI=1S/C15H17N5O3/c1-18-14-12(6-3-7-16-14)20(15(22)19(18)2)10-13(21)17-9-11-5-4-8-23-11/h3-8H,9-10H2,1-2H3,(H,17,21). The van der Waals surface area contributed by atoms with Crippen LogP contribution in [0.2, 0.25) is 0 Å². The third kappa shape index (κ3) is 2.83. The van der Waals surface area contributed by atoms with Crippen LogP contribution >= 0.6 is 0 Å². The number of hydrazine groups is 1. The van der Waals surface area contributed by atoms with Crippen molar-refractivity contribution in [2.75, 3.05) is 30.5 Å². The molecule has 0 bridgehead atoms. The fraction of sp³-hybridized carbons (Fsp3) is 0.267. The van der Waals surface area contributed by atoms with Gasteiger partial charge < -0.3 is 9.73 Å². The maximum absolute atomic E-state index is 12.5. The third-order valence-corrected chi connectivity index (χ3v) is 3.66. The molecule has 2 aromatic heterocycles. The van der Waals surface area contributed by atoms with Crippen LogP contribution in [0.5, 0.6) is 0 Å². The monoisotopic (exact) mass is 315 g/mol. The first-order valence-corrected chi connectivity index (χ1v) is 7.11. The fourth-order valence-electron chi connectivity index (χ4n) is 2.35. The summed E-state index contributed by atoms with van der Waals surface area (Å²) in [6.07, 6.45) is 3.19. The predicted octanol–water partition coefficient (Wildman–Crippen LogP) is 1.21. The molecule has 1 aliphatic rings. The molecule has 0 unspecified atom stereocenters. The Morgan fingerprint density at radius 2 is 2.09 bits per heavy atom. The van der Waals surface area contributed by atoms with Gasteiger partial charge in [0.25, 0.3) is 0 Å². The van der Waals surface area contributed by atoms with Crippen molar-refractivity contribution in [1.29, 1.82) is 0 Å². The summed E-state index contributed by atoms with van der Waals surface area (Å²) >= 11 is 0. The quantitative estimate of drug-likeness (QED) is 0.917. The lowest BCUT2D eigenvalue weighted by atomic mass is 10.3. The van der Waals surface area contributed by atoms with E-state index in [9.17, 15) is 9.59 Å². The lowest BCUT2D eigenvalue weighted by molar-refractivity contribution is -0.120. The van der Waals surface area contributed by atoms with Gasteiger partial charge >= 0.3 is 6.03 Å². The van der Waals surface area contributed by atoms with Gasteiger partial charge in [-0.2, -0.15) is 0 Å². The topological polar surface area (TPSA) is 81.9 Å². The Bertz CT molecular complexity index is 716. The van der Waals surface area contributed by atoms with Crippen LogP contribution in [0, 0.1) is 0 Å². The van der Waals surface area contributed by atoms with Crippen LogP contribution in [-0.4, -0.2) is 42.6 Å². The number of hydrogen-bond acceptors (Lipinski definition) is 5. The summed E-state index contributed by atoms with van der Waals surface area (Å²) in [4.78, 5) is 30.3. The number of fused-ring (bicyclic) bond motifs is 1. The van der Waals surface area contributed by atoms with Gasteiger partial charge in [0, 0.05) is 20.3 Å². The van der Waals surface area contributed by atoms with Crippen molar-refractivity contribution in [3.8, 4) is 0 Å². The first kappa shape index (κ1) is 14.9. The molecular weight excluding hydrogens is 298 g/mol. The molecule has 0 aromatic carbocycles.